The number of anilines is 2. The minimum absolute atomic E-state index is 0.118. The van der Waals surface area contributed by atoms with E-state index in [4.69, 9.17) is 5.73 Å². The molecule has 142 valence electrons. The van der Waals surface area contributed by atoms with Crippen LogP contribution in [-0.4, -0.2) is 20.9 Å². The van der Waals surface area contributed by atoms with Crippen LogP contribution >= 0.6 is 0 Å². The number of nitrogens with one attached hydrogen (secondary N) is 1. The Morgan fingerprint density at radius 1 is 1.14 bits per heavy atom. The molecule has 0 fully saturated rings. The van der Waals surface area contributed by atoms with Gasteiger partial charge in [-0.1, -0.05) is 0 Å². The van der Waals surface area contributed by atoms with E-state index < -0.39 is 11.6 Å². The molecule has 28 heavy (non-hydrogen) atoms. The normalized spacial score (nSPS) is 12.8. The van der Waals surface area contributed by atoms with Crippen LogP contribution in [0.1, 0.15) is 16.8 Å². The number of aryl methyl sites for hydroxylation is 1. The van der Waals surface area contributed by atoms with Gasteiger partial charge in [-0.2, -0.15) is 0 Å². The number of urea groups is 1. The Bertz CT molecular complexity index is 1090. The van der Waals surface area contributed by atoms with E-state index in [0.29, 0.717) is 13.1 Å². The zero-order valence-corrected chi connectivity index (χ0v) is 15.0. The first-order valence-electron chi connectivity index (χ1n) is 8.63. The van der Waals surface area contributed by atoms with Gasteiger partial charge in [0.25, 0.3) is 0 Å². The third-order valence-corrected chi connectivity index (χ3v) is 4.59. The maximum absolute atomic E-state index is 14.0. The van der Waals surface area contributed by atoms with Crippen LogP contribution in [0.25, 0.3) is 11.3 Å². The van der Waals surface area contributed by atoms with Crippen LogP contribution in [0.5, 0.6) is 0 Å². The number of halogens is 2. The van der Waals surface area contributed by atoms with Crippen molar-refractivity contribution in [2.45, 2.75) is 20.0 Å². The van der Waals surface area contributed by atoms with E-state index in [9.17, 15) is 13.6 Å². The molecule has 0 aliphatic carbocycles. The van der Waals surface area contributed by atoms with E-state index in [0.717, 1.165) is 29.0 Å². The molecule has 0 atom stereocenters. The number of nitrogen functional groups attached to an aromatic ring is 1. The van der Waals surface area contributed by atoms with Crippen LogP contribution in [0.15, 0.2) is 42.6 Å². The topological polar surface area (TPSA) is 84.1 Å². The molecule has 3 aromatic rings. The molecule has 3 heterocycles. The predicted octanol–water partition coefficient (Wildman–Crippen LogP) is 3.86. The Morgan fingerprint density at radius 3 is 2.71 bits per heavy atom. The van der Waals surface area contributed by atoms with E-state index in [1.807, 2.05) is 13.0 Å². The van der Waals surface area contributed by atoms with Crippen molar-refractivity contribution in [3.05, 3.63) is 71.1 Å². The molecule has 0 spiro atoms. The van der Waals surface area contributed by atoms with Crippen molar-refractivity contribution in [3.8, 4) is 11.3 Å². The quantitative estimate of drug-likeness (QED) is 0.706. The highest BCUT2D eigenvalue weighted by atomic mass is 19.1. The highest BCUT2D eigenvalue weighted by molar-refractivity contribution is 5.92. The van der Waals surface area contributed by atoms with Gasteiger partial charge in [-0.3, -0.25) is 10.3 Å². The summed E-state index contributed by atoms with van der Waals surface area (Å²) in [7, 11) is 0. The second-order valence-corrected chi connectivity index (χ2v) is 6.64. The van der Waals surface area contributed by atoms with Gasteiger partial charge in [-0.05, 0) is 48.4 Å². The molecule has 2 aromatic heterocycles. The monoisotopic (exact) mass is 381 g/mol. The summed E-state index contributed by atoms with van der Waals surface area (Å²) in [6.07, 6.45) is 1.77. The van der Waals surface area contributed by atoms with Gasteiger partial charge < -0.3 is 10.6 Å². The molecule has 1 aliphatic rings. The van der Waals surface area contributed by atoms with E-state index in [2.05, 4.69) is 15.3 Å². The number of carbonyl (C=O) groups excluding carboxylic acids is 1. The molecule has 2 amide bonds. The molecular weight excluding hydrogens is 364 g/mol. The average molecular weight is 381 g/mol. The summed E-state index contributed by atoms with van der Waals surface area (Å²) in [6.45, 7) is 2.78. The first-order valence-corrected chi connectivity index (χ1v) is 8.63. The first kappa shape index (κ1) is 17.8. The van der Waals surface area contributed by atoms with Crippen LogP contribution in [-0.2, 0) is 13.1 Å². The van der Waals surface area contributed by atoms with Gasteiger partial charge in [0.2, 0.25) is 0 Å². The first-order chi connectivity index (χ1) is 13.4. The van der Waals surface area contributed by atoms with Gasteiger partial charge in [-0.25, -0.2) is 18.6 Å². The number of carbonyl (C=O) groups is 1. The largest absolute Gasteiger partial charge is 0.396 e. The van der Waals surface area contributed by atoms with E-state index in [-0.39, 0.29) is 28.8 Å². The molecule has 1 aliphatic heterocycles. The number of fused-ring (bicyclic) bond motifs is 1. The van der Waals surface area contributed by atoms with Crippen LogP contribution in [0, 0.1) is 18.6 Å². The van der Waals surface area contributed by atoms with E-state index in [1.165, 1.54) is 18.2 Å². The summed E-state index contributed by atoms with van der Waals surface area (Å²) in [5.41, 5.74) is 9.45. The fraction of sp³-hybridized carbons (Fsp3) is 0.150. The number of hydrogen-bond acceptors (Lipinski definition) is 4. The zero-order valence-electron chi connectivity index (χ0n) is 15.0. The molecule has 8 heteroatoms. The van der Waals surface area contributed by atoms with E-state index in [1.54, 1.807) is 11.1 Å². The molecule has 0 bridgehead atoms. The third kappa shape index (κ3) is 3.36. The molecule has 1 aromatic carbocycles. The van der Waals surface area contributed by atoms with Crippen LogP contribution < -0.4 is 11.1 Å². The Hall–Kier alpha value is -3.55. The summed E-state index contributed by atoms with van der Waals surface area (Å²) < 4.78 is 27.2. The number of nitrogens with two attached hydrogens (primary N) is 1. The third-order valence-electron chi connectivity index (χ3n) is 4.59. The maximum atomic E-state index is 14.0. The second-order valence-electron chi connectivity index (χ2n) is 6.64. The summed E-state index contributed by atoms with van der Waals surface area (Å²) in [4.78, 5) is 22.8. The van der Waals surface area contributed by atoms with Gasteiger partial charge in [0.1, 0.15) is 11.6 Å². The van der Waals surface area contributed by atoms with Gasteiger partial charge in [-0.15, -0.1) is 0 Å². The van der Waals surface area contributed by atoms with E-state index >= 15 is 0 Å². The number of aromatic nitrogens is 2. The lowest BCUT2D eigenvalue weighted by Gasteiger charge is -2.17. The SMILES string of the molecule is Cc1cc2c(cn1)CN(C(=O)Nc1nc(-c3ccc(F)cc3F)ccc1N)C2. The Kier molecular flexibility index (Phi) is 4.38. The minimum Gasteiger partial charge on any atom is -0.396 e. The molecule has 6 nitrogen and oxygen atoms in total. The summed E-state index contributed by atoms with van der Waals surface area (Å²) in [5, 5.41) is 2.68. The highest BCUT2D eigenvalue weighted by Gasteiger charge is 2.24. The van der Waals surface area contributed by atoms with Gasteiger partial charge >= 0.3 is 6.03 Å². The average Bonchev–Trinajstić information content (AvgIpc) is 3.07. The molecule has 0 unspecified atom stereocenters. The zero-order chi connectivity index (χ0) is 19.8. The van der Waals surface area contributed by atoms with Crippen molar-refractivity contribution in [2.24, 2.45) is 0 Å². The lowest BCUT2D eigenvalue weighted by atomic mass is 10.1. The van der Waals surface area contributed by atoms with Crippen molar-refractivity contribution in [3.63, 3.8) is 0 Å². The number of nitrogens with zero attached hydrogens (tertiary/aromatic N) is 3. The molecule has 0 radical (unpaired) electrons. The molecule has 0 saturated carbocycles. The fourth-order valence-electron chi connectivity index (χ4n) is 3.14. The minimum atomic E-state index is -0.743. The van der Waals surface area contributed by atoms with Gasteiger partial charge in [0.15, 0.2) is 5.82 Å². The standard InChI is InChI=1S/C20H17F2N5O/c1-11-6-12-9-27(10-13(12)8-24-11)20(28)26-19-17(23)4-5-18(25-19)15-3-2-14(21)7-16(15)22/h2-8H,9-10,23H2,1H3,(H,25,26,28). The van der Waals surface area contributed by atoms with Gasteiger partial charge in [0, 0.05) is 36.6 Å². The van der Waals surface area contributed by atoms with Crippen LogP contribution in [0.4, 0.5) is 25.1 Å². The molecule has 4 rings (SSSR count). The molecular formula is C20H17F2N5O. The second kappa shape index (κ2) is 6.88. The van der Waals surface area contributed by atoms with Crippen molar-refractivity contribution in [1.82, 2.24) is 14.9 Å². The number of benzene rings is 1. The number of hydrogen-bond donors (Lipinski definition) is 2. The number of rotatable bonds is 2. The van der Waals surface area contributed by atoms with Crippen LogP contribution in [0.3, 0.4) is 0 Å². The van der Waals surface area contributed by atoms with Crippen molar-refractivity contribution >= 4 is 17.5 Å². The highest BCUT2D eigenvalue weighted by Crippen LogP contribution is 2.27. The summed E-state index contributed by atoms with van der Waals surface area (Å²) in [6, 6.07) is 7.84. The van der Waals surface area contributed by atoms with Crippen molar-refractivity contribution < 1.29 is 13.6 Å². The smallest absolute Gasteiger partial charge is 0.323 e. The number of pyridine rings is 2. The molecule has 0 saturated heterocycles. The summed E-state index contributed by atoms with van der Waals surface area (Å²) >= 11 is 0. The Balaban J connectivity index is 1.56. The number of amides is 2. The lowest BCUT2D eigenvalue weighted by molar-refractivity contribution is 0.212. The van der Waals surface area contributed by atoms with Crippen LogP contribution in [0.2, 0.25) is 0 Å². The molecule has 3 N–H and O–H groups in total. The Labute approximate surface area is 160 Å². The summed E-state index contributed by atoms with van der Waals surface area (Å²) in [5.74, 6) is -1.30. The van der Waals surface area contributed by atoms with Crippen molar-refractivity contribution in [1.29, 1.82) is 0 Å². The Morgan fingerprint density at radius 2 is 1.93 bits per heavy atom. The predicted molar refractivity (Wildman–Crippen MR) is 101 cm³/mol. The fourth-order valence-corrected chi connectivity index (χ4v) is 3.14. The maximum Gasteiger partial charge on any atom is 0.323 e. The lowest BCUT2D eigenvalue weighted by Crippen LogP contribution is -2.30. The van der Waals surface area contributed by atoms with Gasteiger partial charge in [0.05, 0.1) is 11.4 Å². The van der Waals surface area contributed by atoms with Crippen molar-refractivity contribution in [2.75, 3.05) is 11.1 Å².